The molecule has 0 amide bonds. The summed E-state index contributed by atoms with van der Waals surface area (Å²) in [6.07, 6.45) is 3.57. The molecule has 1 aromatic heterocycles. The van der Waals surface area contributed by atoms with Crippen LogP contribution in [0.1, 0.15) is 31.2 Å². The molecular formula is C18H19N3O. The number of aromatic nitrogens is 2. The first-order valence-electron chi connectivity index (χ1n) is 7.84. The van der Waals surface area contributed by atoms with Crippen LogP contribution in [0.2, 0.25) is 0 Å². The van der Waals surface area contributed by atoms with E-state index in [1.807, 2.05) is 12.1 Å². The van der Waals surface area contributed by atoms with E-state index in [2.05, 4.69) is 52.4 Å². The molecule has 4 nitrogen and oxygen atoms in total. The van der Waals surface area contributed by atoms with Gasteiger partial charge in [0, 0.05) is 5.56 Å². The number of hydrogen-bond acceptors (Lipinski definition) is 4. The van der Waals surface area contributed by atoms with Gasteiger partial charge in [-0.2, -0.15) is 4.98 Å². The van der Waals surface area contributed by atoms with Crippen molar-refractivity contribution in [3.8, 4) is 11.4 Å². The Morgan fingerprint density at radius 3 is 2.82 bits per heavy atom. The van der Waals surface area contributed by atoms with Gasteiger partial charge in [-0.1, -0.05) is 48.0 Å². The first-order valence-corrected chi connectivity index (χ1v) is 7.84. The average molecular weight is 293 g/mol. The first kappa shape index (κ1) is 13.5. The van der Waals surface area contributed by atoms with E-state index in [9.17, 15) is 0 Å². The average Bonchev–Trinajstić information content (AvgIpc) is 3.04. The predicted octanol–water partition coefficient (Wildman–Crippen LogP) is 4.05. The van der Waals surface area contributed by atoms with Crippen molar-refractivity contribution in [2.45, 2.75) is 25.3 Å². The number of rotatable bonds is 2. The van der Waals surface area contributed by atoms with Crippen molar-refractivity contribution < 1.29 is 4.52 Å². The third-order valence-electron chi connectivity index (χ3n) is 4.50. The fraction of sp³-hybridized carbons (Fsp3) is 0.333. The third-order valence-corrected chi connectivity index (χ3v) is 4.50. The highest BCUT2D eigenvalue weighted by atomic mass is 16.5. The second-order valence-corrected chi connectivity index (χ2v) is 6.01. The van der Waals surface area contributed by atoms with Gasteiger partial charge in [-0.3, -0.25) is 4.90 Å². The summed E-state index contributed by atoms with van der Waals surface area (Å²) in [5, 5.41) is 6.61. The van der Waals surface area contributed by atoms with Crippen molar-refractivity contribution in [3.63, 3.8) is 0 Å². The summed E-state index contributed by atoms with van der Waals surface area (Å²) in [5.74, 6) is 1.42. The molecule has 22 heavy (non-hydrogen) atoms. The maximum atomic E-state index is 5.54. The Hall–Kier alpha value is -2.20. The van der Waals surface area contributed by atoms with E-state index >= 15 is 0 Å². The molecule has 1 aliphatic heterocycles. The number of hydrogen-bond donors (Lipinski definition) is 0. The van der Waals surface area contributed by atoms with E-state index in [0.29, 0.717) is 5.82 Å². The van der Waals surface area contributed by atoms with Crippen LogP contribution in [0, 0.1) is 0 Å². The van der Waals surface area contributed by atoms with Crippen LogP contribution in [0.5, 0.6) is 0 Å². The zero-order chi connectivity index (χ0) is 14.9. The fourth-order valence-corrected chi connectivity index (χ4v) is 3.20. The van der Waals surface area contributed by atoms with Gasteiger partial charge in [0.05, 0.1) is 6.04 Å². The van der Waals surface area contributed by atoms with Gasteiger partial charge in [0.2, 0.25) is 11.7 Å². The van der Waals surface area contributed by atoms with E-state index in [0.717, 1.165) is 24.4 Å². The standard InChI is InChI=1S/C18H19N3O/c1-21-11-5-4-8-16(21)18-19-17(20-22-18)15-10-9-13-6-2-3-7-14(13)12-15/h2-3,6-7,9-10,12,16H,4-5,8,11H2,1H3/t16-/m0/s1. The second-order valence-electron chi connectivity index (χ2n) is 6.01. The Balaban J connectivity index is 1.67. The minimum Gasteiger partial charge on any atom is -0.337 e. The Labute approximate surface area is 129 Å². The zero-order valence-corrected chi connectivity index (χ0v) is 12.7. The Morgan fingerprint density at radius 2 is 1.95 bits per heavy atom. The highest BCUT2D eigenvalue weighted by Gasteiger charge is 2.26. The minimum absolute atomic E-state index is 0.260. The fourth-order valence-electron chi connectivity index (χ4n) is 3.20. The van der Waals surface area contributed by atoms with E-state index in [-0.39, 0.29) is 6.04 Å². The van der Waals surface area contributed by atoms with Gasteiger partial charge in [0.1, 0.15) is 0 Å². The molecule has 2 heterocycles. The molecule has 0 bridgehead atoms. The Morgan fingerprint density at radius 1 is 1.09 bits per heavy atom. The van der Waals surface area contributed by atoms with Crippen LogP contribution < -0.4 is 0 Å². The lowest BCUT2D eigenvalue weighted by Gasteiger charge is -2.29. The van der Waals surface area contributed by atoms with Crippen molar-refractivity contribution in [2.75, 3.05) is 13.6 Å². The van der Waals surface area contributed by atoms with Crippen LogP contribution >= 0.6 is 0 Å². The van der Waals surface area contributed by atoms with Gasteiger partial charge in [0.25, 0.3) is 0 Å². The molecule has 0 saturated carbocycles. The molecule has 1 aliphatic rings. The van der Waals surface area contributed by atoms with Crippen molar-refractivity contribution >= 4 is 10.8 Å². The SMILES string of the molecule is CN1CCCC[C@H]1c1nc(-c2ccc3ccccc3c2)no1. The van der Waals surface area contributed by atoms with Crippen molar-refractivity contribution in [1.82, 2.24) is 15.0 Å². The third kappa shape index (κ3) is 2.40. The van der Waals surface area contributed by atoms with E-state index in [1.165, 1.54) is 23.6 Å². The van der Waals surface area contributed by atoms with E-state index < -0.39 is 0 Å². The summed E-state index contributed by atoms with van der Waals surface area (Å²) in [7, 11) is 2.13. The summed E-state index contributed by atoms with van der Waals surface area (Å²) in [5.41, 5.74) is 1.01. The number of fused-ring (bicyclic) bond motifs is 1. The maximum Gasteiger partial charge on any atom is 0.244 e. The number of nitrogens with zero attached hydrogens (tertiary/aromatic N) is 3. The van der Waals surface area contributed by atoms with Gasteiger partial charge in [-0.25, -0.2) is 0 Å². The highest BCUT2D eigenvalue weighted by molar-refractivity contribution is 5.86. The first-order chi connectivity index (χ1) is 10.8. The normalized spacial score (nSPS) is 19.6. The van der Waals surface area contributed by atoms with E-state index in [1.54, 1.807) is 0 Å². The van der Waals surface area contributed by atoms with Crippen LogP contribution in [0.25, 0.3) is 22.2 Å². The summed E-state index contributed by atoms with van der Waals surface area (Å²) in [6, 6.07) is 14.9. The molecule has 1 fully saturated rings. The summed E-state index contributed by atoms with van der Waals surface area (Å²) in [6.45, 7) is 1.10. The number of piperidine rings is 1. The zero-order valence-electron chi connectivity index (χ0n) is 12.7. The highest BCUT2D eigenvalue weighted by Crippen LogP contribution is 2.30. The topological polar surface area (TPSA) is 42.2 Å². The quantitative estimate of drug-likeness (QED) is 0.715. The molecule has 0 N–H and O–H groups in total. The molecule has 4 rings (SSSR count). The smallest absolute Gasteiger partial charge is 0.244 e. The lowest BCUT2D eigenvalue weighted by atomic mass is 10.0. The van der Waals surface area contributed by atoms with Crippen LogP contribution in [0.15, 0.2) is 47.0 Å². The molecular weight excluding hydrogens is 274 g/mol. The van der Waals surface area contributed by atoms with Crippen molar-refractivity contribution in [3.05, 3.63) is 48.4 Å². The molecule has 0 aliphatic carbocycles. The summed E-state index contributed by atoms with van der Waals surface area (Å²) < 4.78 is 5.54. The lowest BCUT2D eigenvalue weighted by molar-refractivity contribution is 0.150. The van der Waals surface area contributed by atoms with Crippen LogP contribution in [0.3, 0.4) is 0 Å². The van der Waals surface area contributed by atoms with Gasteiger partial charge < -0.3 is 4.52 Å². The predicted molar refractivity (Wildman–Crippen MR) is 86.5 cm³/mol. The van der Waals surface area contributed by atoms with Crippen LogP contribution in [-0.4, -0.2) is 28.6 Å². The van der Waals surface area contributed by atoms with Crippen LogP contribution in [0.4, 0.5) is 0 Å². The number of benzene rings is 2. The largest absolute Gasteiger partial charge is 0.337 e. The Bertz CT molecular complexity index is 796. The van der Waals surface area contributed by atoms with Crippen LogP contribution in [-0.2, 0) is 0 Å². The van der Waals surface area contributed by atoms with Gasteiger partial charge >= 0.3 is 0 Å². The summed E-state index contributed by atoms with van der Waals surface area (Å²) in [4.78, 5) is 6.95. The molecule has 1 atom stereocenters. The molecule has 3 aromatic rings. The molecule has 4 heteroatoms. The monoisotopic (exact) mass is 293 g/mol. The number of likely N-dealkylation sites (tertiary alicyclic amines) is 1. The van der Waals surface area contributed by atoms with Gasteiger partial charge in [0.15, 0.2) is 0 Å². The maximum absolute atomic E-state index is 5.54. The molecule has 2 aromatic carbocycles. The van der Waals surface area contributed by atoms with Gasteiger partial charge in [-0.05, 0) is 43.3 Å². The molecule has 0 radical (unpaired) electrons. The minimum atomic E-state index is 0.260. The molecule has 112 valence electrons. The Kier molecular flexibility index (Phi) is 3.39. The summed E-state index contributed by atoms with van der Waals surface area (Å²) >= 11 is 0. The molecule has 1 saturated heterocycles. The van der Waals surface area contributed by atoms with E-state index in [4.69, 9.17) is 4.52 Å². The van der Waals surface area contributed by atoms with Gasteiger partial charge in [-0.15, -0.1) is 0 Å². The second kappa shape index (κ2) is 5.54. The molecule has 0 spiro atoms. The van der Waals surface area contributed by atoms with Crippen molar-refractivity contribution in [2.24, 2.45) is 0 Å². The lowest BCUT2D eigenvalue weighted by Crippen LogP contribution is -2.29. The van der Waals surface area contributed by atoms with Crippen molar-refractivity contribution in [1.29, 1.82) is 0 Å². The molecule has 0 unspecified atom stereocenters.